The van der Waals surface area contributed by atoms with Crippen molar-refractivity contribution in [3.05, 3.63) is 29.3 Å². The van der Waals surface area contributed by atoms with Crippen LogP contribution in [-0.2, 0) is 11.2 Å². The summed E-state index contributed by atoms with van der Waals surface area (Å²) in [5.74, 6) is -0.266. The molecule has 0 unspecified atom stereocenters. The third-order valence-corrected chi connectivity index (χ3v) is 2.12. The molecular formula is C11H15NO3. The molecule has 1 atom stereocenters. The summed E-state index contributed by atoms with van der Waals surface area (Å²) in [6.45, 7) is 1.93. The monoisotopic (exact) mass is 209 g/mol. The normalized spacial score (nSPS) is 12.2. The van der Waals surface area contributed by atoms with E-state index in [-0.39, 0.29) is 0 Å². The van der Waals surface area contributed by atoms with Crippen LogP contribution in [0.15, 0.2) is 18.2 Å². The first kappa shape index (κ1) is 11.5. The smallest absolute Gasteiger partial charge is 0.320 e. The number of aryl methyl sites for hydroxylation is 1. The lowest BCUT2D eigenvalue weighted by atomic mass is 10.0. The SMILES string of the molecule is COc1cc(C)cc(C[C@@H](N)C(=O)O)c1. The molecule has 0 fully saturated rings. The van der Waals surface area contributed by atoms with E-state index in [9.17, 15) is 4.79 Å². The van der Waals surface area contributed by atoms with Crippen molar-refractivity contribution in [2.75, 3.05) is 7.11 Å². The van der Waals surface area contributed by atoms with Crippen molar-refractivity contribution in [3.63, 3.8) is 0 Å². The number of benzene rings is 1. The quantitative estimate of drug-likeness (QED) is 0.774. The van der Waals surface area contributed by atoms with E-state index in [2.05, 4.69) is 0 Å². The standard InChI is InChI=1S/C11H15NO3/c1-7-3-8(5-9(4-7)15-2)6-10(12)11(13)14/h3-5,10H,6,12H2,1-2H3,(H,13,14)/t10-/m1/s1. The number of carboxylic acid groups (broad SMARTS) is 1. The van der Waals surface area contributed by atoms with Gasteiger partial charge in [-0.3, -0.25) is 4.79 Å². The summed E-state index contributed by atoms with van der Waals surface area (Å²) in [6, 6.07) is 4.73. The molecule has 1 aromatic carbocycles. The summed E-state index contributed by atoms with van der Waals surface area (Å²) in [6.07, 6.45) is 0.313. The molecule has 0 heterocycles. The number of nitrogens with two attached hydrogens (primary N) is 1. The lowest BCUT2D eigenvalue weighted by molar-refractivity contribution is -0.138. The second-order valence-corrected chi connectivity index (χ2v) is 3.51. The maximum Gasteiger partial charge on any atom is 0.320 e. The lowest BCUT2D eigenvalue weighted by Crippen LogP contribution is -2.32. The van der Waals surface area contributed by atoms with Crippen LogP contribution in [0, 0.1) is 6.92 Å². The molecule has 0 aromatic heterocycles. The van der Waals surface area contributed by atoms with Crippen molar-refractivity contribution >= 4 is 5.97 Å². The Bertz CT molecular complexity index is 363. The van der Waals surface area contributed by atoms with Crippen LogP contribution in [0.2, 0.25) is 0 Å². The lowest BCUT2D eigenvalue weighted by Gasteiger charge is -2.09. The molecule has 1 rings (SSSR count). The number of ether oxygens (including phenoxy) is 1. The number of carbonyl (C=O) groups is 1. The summed E-state index contributed by atoms with van der Waals surface area (Å²) < 4.78 is 5.09. The molecule has 0 saturated carbocycles. The van der Waals surface area contributed by atoms with Gasteiger partial charge in [0.1, 0.15) is 11.8 Å². The average molecular weight is 209 g/mol. The number of rotatable bonds is 4. The molecule has 0 aliphatic heterocycles. The Labute approximate surface area is 88.7 Å². The molecule has 0 saturated heterocycles. The third-order valence-electron chi connectivity index (χ3n) is 2.12. The van der Waals surface area contributed by atoms with Crippen LogP contribution < -0.4 is 10.5 Å². The van der Waals surface area contributed by atoms with Crippen LogP contribution >= 0.6 is 0 Å². The average Bonchev–Trinajstić information content (AvgIpc) is 2.16. The molecule has 3 N–H and O–H groups in total. The molecule has 82 valence electrons. The Kier molecular flexibility index (Phi) is 3.68. The first-order valence-electron chi connectivity index (χ1n) is 4.66. The van der Waals surface area contributed by atoms with Gasteiger partial charge in [-0.25, -0.2) is 0 Å². The van der Waals surface area contributed by atoms with Gasteiger partial charge >= 0.3 is 5.97 Å². The van der Waals surface area contributed by atoms with Crippen molar-refractivity contribution in [2.45, 2.75) is 19.4 Å². The predicted molar refractivity (Wildman–Crippen MR) is 57.0 cm³/mol. The van der Waals surface area contributed by atoms with Gasteiger partial charge < -0.3 is 15.6 Å². The van der Waals surface area contributed by atoms with Crippen LogP contribution in [-0.4, -0.2) is 24.2 Å². The van der Waals surface area contributed by atoms with E-state index in [1.807, 2.05) is 19.1 Å². The first-order valence-corrected chi connectivity index (χ1v) is 4.66. The maximum atomic E-state index is 10.6. The number of hydrogen-bond acceptors (Lipinski definition) is 3. The van der Waals surface area contributed by atoms with Gasteiger partial charge in [-0.15, -0.1) is 0 Å². The molecule has 0 aliphatic carbocycles. The Morgan fingerprint density at radius 3 is 2.73 bits per heavy atom. The second-order valence-electron chi connectivity index (χ2n) is 3.51. The molecule has 0 spiro atoms. The predicted octanol–water partition coefficient (Wildman–Crippen LogP) is 0.958. The van der Waals surface area contributed by atoms with Crippen LogP contribution in [0.25, 0.3) is 0 Å². The minimum atomic E-state index is -0.990. The third kappa shape index (κ3) is 3.25. The summed E-state index contributed by atoms with van der Waals surface area (Å²) in [7, 11) is 1.58. The fourth-order valence-corrected chi connectivity index (χ4v) is 1.40. The summed E-state index contributed by atoms with van der Waals surface area (Å²) in [5.41, 5.74) is 7.36. The fourth-order valence-electron chi connectivity index (χ4n) is 1.40. The molecule has 0 amide bonds. The Balaban J connectivity index is 2.85. The Morgan fingerprint density at radius 2 is 2.20 bits per heavy atom. The minimum absolute atomic E-state index is 0.313. The van der Waals surface area contributed by atoms with E-state index < -0.39 is 12.0 Å². The molecule has 15 heavy (non-hydrogen) atoms. The molecular weight excluding hydrogens is 194 g/mol. The molecule has 4 nitrogen and oxygen atoms in total. The molecule has 1 aromatic rings. The van der Waals surface area contributed by atoms with Crippen molar-refractivity contribution in [2.24, 2.45) is 5.73 Å². The van der Waals surface area contributed by atoms with Gasteiger partial charge in [0.05, 0.1) is 7.11 Å². The van der Waals surface area contributed by atoms with Gasteiger partial charge in [0.2, 0.25) is 0 Å². The number of aliphatic carboxylic acids is 1. The van der Waals surface area contributed by atoms with Crippen molar-refractivity contribution in [1.29, 1.82) is 0 Å². The highest BCUT2D eigenvalue weighted by atomic mass is 16.5. The van der Waals surface area contributed by atoms with Crippen LogP contribution in [0.1, 0.15) is 11.1 Å². The van der Waals surface area contributed by atoms with Crippen molar-refractivity contribution < 1.29 is 14.6 Å². The molecule has 0 bridgehead atoms. The Morgan fingerprint density at radius 1 is 1.53 bits per heavy atom. The largest absolute Gasteiger partial charge is 0.497 e. The van der Waals surface area contributed by atoms with E-state index >= 15 is 0 Å². The van der Waals surface area contributed by atoms with Crippen LogP contribution in [0.4, 0.5) is 0 Å². The van der Waals surface area contributed by atoms with E-state index in [1.54, 1.807) is 13.2 Å². The van der Waals surface area contributed by atoms with Gasteiger partial charge in [0, 0.05) is 0 Å². The van der Waals surface area contributed by atoms with Gasteiger partial charge in [0.15, 0.2) is 0 Å². The summed E-state index contributed by atoms with van der Waals surface area (Å²) in [4.78, 5) is 10.6. The zero-order valence-electron chi connectivity index (χ0n) is 8.86. The van der Waals surface area contributed by atoms with Gasteiger partial charge in [-0.1, -0.05) is 6.07 Å². The van der Waals surface area contributed by atoms with E-state index in [0.717, 1.165) is 16.9 Å². The molecule has 0 radical (unpaired) electrons. The fraction of sp³-hybridized carbons (Fsp3) is 0.364. The van der Waals surface area contributed by atoms with Crippen LogP contribution in [0.3, 0.4) is 0 Å². The highest BCUT2D eigenvalue weighted by molar-refractivity contribution is 5.73. The van der Waals surface area contributed by atoms with E-state index in [4.69, 9.17) is 15.6 Å². The van der Waals surface area contributed by atoms with Crippen molar-refractivity contribution in [1.82, 2.24) is 0 Å². The Hall–Kier alpha value is -1.55. The van der Waals surface area contributed by atoms with Gasteiger partial charge in [0.25, 0.3) is 0 Å². The van der Waals surface area contributed by atoms with E-state index in [0.29, 0.717) is 6.42 Å². The molecule has 0 aliphatic rings. The zero-order valence-corrected chi connectivity index (χ0v) is 8.86. The number of methoxy groups -OCH3 is 1. The number of carboxylic acids is 1. The summed E-state index contributed by atoms with van der Waals surface area (Å²) in [5, 5.41) is 8.68. The maximum absolute atomic E-state index is 10.6. The highest BCUT2D eigenvalue weighted by Crippen LogP contribution is 2.17. The van der Waals surface area contributed by atoms with Gasteiger partial charge in [-0.05, 0) is 36.6 Å². The first-order chi connectivity index (χ1) is 7.02. The topological polar surface area (TPSA) is 72.5 Å². The van der Waals surface area contributed by atoms with Crippen LogP contribution in [0.5, 0.6) is 5.75 Å². The highest BCUT2D eigenvalue weighted by Gasteiger charge is 2.12. The summed E-state index contributed by atoms with van der Waals surface area (Å²) >= 11 is 0. The van der Waals surface area contributed by atoms with E-state index in [1.165, 1.54) is 0 Å². The zero-order chi connectivity index (χ0) is 11.4. The molecule has 4 heteroatoms. The van der Waals surface area contributed by atoms with Crippen molar-refractivity contribution in [3.8, 4) is 5.75 Å². The number of hydrogen-bond donors (Lipinski definition) is 2. The van der Waals surface area contributed by atoms with Gasteiger partial charge in [-0.2, -0.15) is 0 Å². The second kappa shape index (κ2) is 4.79. The minimum Gasteiger partial charge on any atom is -0.497 e.